The van der Waals surface area contributed by atoms with Gasteiger partial charge in [0.05, 0.1) is 13.0 Å². The quantitative estimate of drug-likeness (QED) is 0.542. The lowest BCUT2D eigenvalue weighted by atomic mass is 10.1. The second-order valence-corrected chi connectivity index (χ2v) is 4.75. The Morgan fingerprint density at radius 3 is 2.33 bits per heavy atom. The molecule has 0 radical (unpaired) electrons. The number of hydrogen-bond acceptors (Lipinski definition) is 6. The minimum absolute atomic E-state index is 0.0453. The van der Waals surface area contributed by atoms with E-state index in [0.717, 1.165) is 0 Å². The van der Waals surface area contributed by atoms with Crippen LogP contribution in [0.1, 0.15) is 30.6 Å². The maximum atomic E-state index is 11.5. The number of ketones is 1. The largest absolute Gasteiger partial charge is 0.493 e. The van der Waals surface area contributed by atoms with Gasteiger partial charge in [-0.3, -0.25) is 19.7 Å². The Balaban J connectivity index is 2.23. The SMILES string of the molecule is CCNC(=O)NC(=O)COC(=O)CCOc1ccc(C(C)=O)cc1. The summed E-state index contributed by atoms with van der Waals surface area (Å²) in [6.07, 6.45) is -0.0527. The summed E-state index contributed by atoms with van der Waals surface area (Å²) in [5.41, 5.74) is 0.569. The molecule has 2 N–H and O–H groups in total. The van der Waals surface area contributed by atoms with Gasteiger partial charge in [0, 0.05) is 12.1 Å². The number of imide groups is 1. The van der Waals surface area contributed by atoms with Crippen molar-refractivity contribution in [3.05, 3.63) is 29.8 Å². The molecule has 1 aromatic rings. The lowest BCUT2D eigenvalue weighted by Crippen LogP contribution is -2.41. The van der Waals surface area contributed by atoms with Crippen LogP contribution < -0.4 is 15.4 Å². The van der Waals surface area contributed by atoms with Crippen molar-refractivity contribution in [1.29, 1.82) is 0 Å². The number of carbonyl (C=O) groups is 4. The number of ether oxygens (including phenoxy) is 2. The number of rotatable bonds is 8. The molecule has 0 aliphatic carbocycles. The molecule has 0 aromatic heterocycles. The summed E-state index contributed by atoms with van der Waals surface area (Å²) in [4.78, 5) is 45.0. The van der Waals surface area contributed by atoms with Crippen molar-refractivity contribution < 1.29 is 28.7 Å². The van der Waals surface area contributed by atoms with Crippen LogP contribution in [-0.4, -0.2) is 43.4 Å². The molecule has 0 aliphatic rings. The van der Waals surface area contributed by atoms with E-state index >= 15 is 0 Å². The van der Waals surface area contributed by atoms with E-state index < -0.39 is 24.5 Å². The fourth-order valence-corrected chi connectivity index (χ4v) is 1.62. The zero-order chi connectivity index (χ0) is 17.9. The van der Waals surface area contributed by atoms with E-state index in [9.17, 15) is 19.2 Å². The third-order valence-corrected chi connectivity index (χ3v) is 2.79. The zero-order valence-electron chi connectivity index (χ0n) is 13.6. The van der Waals surface area contributed by atoms with Crippen LogP contribution in [0.15, 0.2) is 24.3 Å². The monoisotopic (exact) mass is 336 g/mol. The predicted molar refractivity (Wildman–Crippen MR) is 84.7 cm³/mol. The summed E-state index contributed by atoms with van der Waals surface area (Å²) in [6.45, 7) is 3.08. The van der Waals surface area contributed by atoms with Crippen molar-refractivity contribution in [2.75, 3.05) is 19.8 Å². The maximum absolute atomic E-state index is 11.5. The first-order chi connectivity index (χ1) is 11.4. The zero-order valence-corrected chi connectivity index (χ0v) is 13.6. The fourth-order valence-electron chi connectivity index (χ4n) is 1.62. The van der Waals surface area contributed by atoms with Gasteiger partial charge in [-0.25, -0.2) is 4.79 Å². The third kappa shape index (κ3) is 7.39. The van der Waals surface area contributed by atoms with Gasteiger partial charge in [-0.2, -0.15) is 0 Å². The van der Waals surface area contributed by atoms with Gasteiger partial charge < -0.3 is 14.8 Å². The molecule has 0 atom stereocenters. The summed E-state index contributed by atoms with van der Waals surface area (Å²) in [7, 11) is 0. The highest BCUT2D eigenvalue weighted by Crippen LogP contribution is 2.12. The predicted octanol–water partition coefficient (Wildman–Crippen LogP) is 1.05. The summed E-state index contributed by atoms with van der Waals surface area (Å²) < 4.78 is 10.1. The molecule has 1 aromatic carbocycles. The standard InChI is InChI=1S/C16H20N2O6/c1-3-17-16(22)18-14(20)10-24-15(21)8-9-23-13-6-4-12(5-7-13)11(2)19/h4-7H,3,8-10H2,1-2H3,(H2,17,18,20,22). The Morgan fingerprint density at radius 1 is 1.08 bits per heavy atom. The Morgan fingerprint density at radius 2 is 1.75 bits per heavy atom. The molecule has 130 valence electrons. The molecule has 0 heterocycles. The minimum atomic E-state index is -0.713. The van der Waals surface area contributed by atoms with Crippen molar-refractivity contribution in [3.8, 4) is 5.75 Å². The molecular weight excluding hydrogens is 316 g/mol. The van der Waals surface area contributed by atoms with Gasteiger partial charge in [-0.15, -0.1) is 0 Å². The van der Waals surface area contributed by atoms with Crippen molar-refractivity contribution in [2.45, 2.75) is 20.3 Å². The lowest BCUT2D eigenvalue weighted by molar-refractivity contribution is -0.148. The van der Waals surface area contributed by atoms with Gasteiger partial charge >= 0.3 is 12.0 Å². The molecule has 24 heavy (non-hydrogen) atoms. The van der Waals surface area contributed by atoms with E-state index in [4.69, 9.17) is 9.47 Å². The van der Waals surface area contributed by atoms with Gasteiger partial charge in [-0.05, 0) is 38.1 Å². The van der Waals surface area contributed by atoms with Gasteiger partial charge in [-0.1, -0.05) is 0 Å². The number of amides is 3. The van der Waals surface area contributed by atoms with Crippen LogP contribution in [0, 0.1) is 0 Å². The van der Waals surface area contributed by atoms with E-state index in [0.29, 0.717) is 17.9 Å². The van der Waals surface area contributed by atoms with Crippen LogP contribution in [0.4, 0.5) is 4.79 Å². The second-order valence-electron chi connectivity index (χ2n) is 4.75. The van der Waals surface area contributed by atoms with E-state index in [-0.39, 0.29) is 18.8 Å². The summed E-state index contributed by atoms with van der Waals surface area (Å²) in [6, 6.07) is 5.86. The molecule has 0 unspecified atom stereocenters. The van der Waals surface area contributed by atoms with E-state index in [1.807, 2.05) is 5.32 Å². The van der Waals surface area contributed by atoms with Crippen LogP contribution in [-0.2, 0) is 14.3 Å². The van der Waals surface area contributed by atoms with E-state index in [1.165, 1.54) is 6.92 Å². The molecule has 0 saturated carbocycles. The molecular formula is C16H20N2O6. The average molecular weight is 336 g/mol. The molecule has 8 nitrogen and oxygen atoms in total. The summed E-state index contributed by atoms with van der Waals surface area (Å²) in [5, 5.41) is 4.38. The highest BCUT2D eigenvalue weighted by molar-refractivity contribution is 5.95. The number of hydrogen-bond donors (Lipinski definition) is 2. The Bertz CT molecular complexity index is 597. The normalized spacial score (nSPS) is 9.75. The molecule has 3 amide bonds. The van der Waals surface area contributed by atoms with Crippen LogP contribution in [0.3, 0.4) is 0 Å². The number of benzene rings is 1. The van der Waals surface area contributed by atoms with Gasteiger partial charge in [0.1, 0.15) is 5.75 Å². The highest BCUT2D eigenvalue weighted by atomic mass is 16.5. The van der Waals surface area contributed by atoms with Crippen LogP contribution >= 0.6 is 0 Å². The Hall–Kier alpha value is -2.90. The van der Waals surface area contributed by atoms with Crippen molar-refractivity contribution >= 4 is 23.7 Å². The molecule has 0 aliphatic heterocycles. The van der Waals surface area contributed by atoms with Gasteiger partial charge in [0.15, 0.2) is 12.4 Å². The number of Topliss-reactive ketones (excluding diaryl/α,β-unsaturated/α-hetero) is 1. The minimum Gasteiger partial charge on any atom is -0.493 e. The van der Waals surface area contributed by atoms with Crippen LogP contribution in [0.25, 0.3) is 0 Å². The first-order valence-corrected chi connectivity index (χ1v) is 7.39. The smallest absolute Gasteiger partial charge is 0.321 e. The Kier molecular flexibility index (Phi) is 7.97. The van der Waals surface area contributed by atoms with Crippen molar-refractivity contribution in [1.82, 2.24) is 10.6 Å². The molecule has 0 fully saturated rings. The van der Waals surface area contributed by atoms with Crippen LogP contribution in [0.5, 0.6) is 5.75 Å². The number of esters is 1. The van der Waals surface area contributed by atoms with E-state index in [1.54, 1.807) is 31.2 Å². The van der Waals surface area contributed by atoms with E-state index in [2.05, 4.69) is 5.32 Å². The first-order valence-electron chi connectivity index (χ1n) is 7.39. The van der Waals surface area contributed by atoms with Crippen molar-refractivity contribution in [3.63, 3.8) is 0 Å². The first kappa shape index (κ1) is 19.1. The topological polar surface area (TPSA) is 111 Å². The Labute approximate surface area is 139 Å². The van der Waals surface area contributed by atoms with Crippen LogP contribution in [0.2, 0.25) is 0 Å². The average Bonchev–Trinajstić information content (AvgIpc) is 2.53. The fraction of sp³-hybridized carbons (Fsp3) is 0.375. The molecule has 0 bridgehead atoms. The maximum Gasteiger partial charge on any atom is 0.321 e. The summed E-state index contributed by atoms with van der Waals surface area (Å²) >= 11 is 0. The number of nitrogens with one attached hydrogen (secondary N) is 2. The molecule has 0 spiro atoms. The molecule has 1 rings (SSSR count). The second kappa shape index (κ2) is 9.98. The van der Waals surface area contributed by atoms with Crippen molar-refractivity contribution in [2.24, 2.45) is 0 Å². The van der Waals surface area contributed by atoms with Gasteiger partial charge in [0.25, 0.3) is 5.91 Å². The third-order valence-electron chi connectivity index (χ3n) is 2.79. The molecule has 8 heteroatoms. The molecule has 0 saturated heterocycles. The highest BCUT2D eigenvalue weighted by Gasteiger charge is 2.10. The summed E-state index contributed by atoms with van der Waals surface area (Å²) in [5.74, 6) is -0.866. The number of carbonyl (C=O) groups excluding carboxylic acids is 4. The number of urea groups is 1. The van der Waals surface area contributed by atoms with Gasteiger partial charge in [0.2, 0.25) is 0 Å². The lowest BCUT2D eigenvalue weighted by Gasteiger charge is -2.08.